The molecule has 100 valence electrons. The van der Waals surface area contributed by atoms with Crippen LogP contribution in [0.25, 0.3) is 10.9 Å². The summed E-state index contributed by atoms with van der Waals surface area (Å²) in [7, 11) is 0. The number of amides is 1. The van der Waals surface area contributed by atoms with Crippen LogP contribution in [-0.4, -0.2) is 24.0 Å². The van der Waals surface area contributed by atoms with E-state index >= 15 is 0 Å². The Balaban J connectivity index is 2.10. The normalized spacial score (nSPS) is 10.4. The van der Waals surface area contributed by atoms with Crippen LogP contribution in [0.5, 0.6) is 0 Å². The molecule has 19 heavy (non-hydrogen) atoms. The van der Waals surface area contributed by atoms with Gasteiger partial charge in [-0.25, -0.2) is 0 Å². The molecular weight excluding hydrogens is 262 g/mol. The molecule has 0 saturated heterocycles. The summed E-state index contributed by atoms with van der Waals surface area (Å²) >= 11 is 5.93. The summed E-state index contributed by atoms with van der Waals surface area (Å²) in [5, 5.41) is 7.55. The predicted octanol–water partition coefficient (Wildman–Crippen LogP) is 2.83. The van der Waals surface area contributed by atoms with E-state index in [4.69, 9.17) is 11.6 Å². The van der Waals surface area contributed by atoms with Crippen molar-refractivity contribution in [2.45, 2.75) is 13.3 Å². The molecule has 1 aromatic carbocycles. The van der Waals surface area contributed by atoms with E-state index in [9.17, 15) is 4.79 Å². The van der Waals surface area contributed by atoms with E-state index < -0.39 is 0 Å². The fourth-order valence-electron chi connectivity index (χ4n) is 1.78. The maximum absolute atomic E-state index is 11.6. The highest BCUT2D eigenvalue weighted by Crippen LogP contribution is 2.23. The Kier molecular flexibility index (Phi) is 4.58. The number of aromatic nitrogens is 1. The molecule has 0 bridgehead atoms. The summed E-state index contributed by atoms with van der Waals surface area (Å²) in [4.78, 5) is 15.8. The summed E-state index contributed by atoms with van der Waals surface area (Å²) < 4.78 is 0. The Hall–Kier alpha value is -1.81. The van der Waals surface area contributed by atoms with Crippen molar-refractivity contribution >= 4 is 34.1 Å². The molecule has 0 atom stereocenters. The molecule has 1 aromatic heterocycles. The number of benzene rings is 1. The third-order valence-electron chi connectivity index (χ3n) is 2.72. The Morgan fingerprint density at radius 2 is 2.21 bits per heavy atom. The molecule has 0 saturated carbocycles. The second-order valence-corrected chi connectivity index (χ2v) is 4.66. The minimum absolute atomic E-state index is 0.0132. The van der Waals surface area contributed by atoms with Gasteiger partial charge in [0.2, 0.25) is 5.91 Å². The number of carbonyl (C=O) groups is 1. The SMILES string of the molecule is CCCNC(=O)CNc1ccnc2cc(Cl)ccc12. The van der Waals surface area contributed by atoms with Crippen LogP contribution in [0, 0.1) is 0 Å². The van der Waals surface area contributed by atoms with Gasteiger partial charge in [-0.3, -0.25) is 9.78 Å². The smallest absolute Gasteiger partial charge is 0.239 e. The van der Waals surface area contributed by atoms with Gasteiger partial charge in [-0.15, -0.1) is 0 Å². The zero-order valence-corrected chi connectivity index (χ0v) is 11.5. The monoisotopic (exact) mass is 277 g/mol. The predicted molar refractivity (Wildman–Crippen MR) is 78.5 cm³/mol. The van der Waals surface area contributed by atoms with Gasteiger partial charge in [0, 0.05) is 28.8 Å². The van der Waals surface area contributed by atoms with E-state index in [2.05, 4.69) is 15.6 Å². The van der Waals surface area contributed by atoms with Gasteiger partial charge in [0.25, 0.3) is 0 Å². The van der Waals surface area contributed by atoms with Crippen LogP contribution in [0.4, 0.5) is 5.69 Å². The molecule has 4 nitrogen and oxygen atoms in total. The lowest BCUT2D eigenvalue weighted by molar-refractivity contribution is -0.119. The van der Waals surface area contributed by atoms with Crippen LogP contribution in [-0.2, 0) is 4.79 Å². The Morgan fingerprint density at radius 1 is 1.37 bits per heavy atom. The first-order valence-corrected chi connectivity index (χ1v) is 6.63. The maximum Gasteiger partial charge on any atom is 0.239 e. The topological polar surface area (TPSA) is 54.0 Å². The summed E-state index contributed by atoms with van der Waals surface area (Å²) in [5.74, 6) is -0.0132. The van der Waals surface area contributed by atoms with Gasteiger partial charge in [-0.2, -0.15) is 0 Å². The van der Waals surface area contributed by atoms with Crippen molar-refractivity contribution in [1.82, 2.24) is 10.3 Å². The second-order valence-electron chi connectivity index (χ2n) is 4.22. The van der Waals surface area contributed by atoms with Crippen molar-refractivity contribution in [3.8, 4) is 0 Å². The van der Waals surface area contributed by atoms with Crippen LogP contribution in [0.1, 0.15) is 13.3 Å². The average Bonchev–Trinajstić information content (AvgIpc) is 2.42. The van der Waals surface area contributed by atoms with Gasteiger partial charge in [-0.1, -0.05) is 18.5 Å². The molecule has 1 amide bonds. The number of hydrogen-bond acceptors (Lipinski definition) is 3. The number of nitrogens with one attached hydrogen (secondary N) is 2. The quantitative estimate of drug-likeness (QED) is 0.884. The molecule has 0 aliphatic carbocycles. The minimum Gasteiger partial charge on any atom is -0.376 e. The molecule has 2 N–H and O–H groups in total. The largest absolute Gasteiger partial charge is 0.376 e. The molecule has 1 heterocycles. The van der Waals surface area contributed by atoms with Crippen LogP contribution in [0.2, 0.25) is 5.02 Å². The zero-order chi connectivity index (χ0) is 13.7. The van der Waals surface area contributed by atoms with Crippen molar-refractivity contribution in [2.24, 2.45) is 0 Å². The van der Waals surface area contributed by atoms with Crippen LogP contribution in [0.3, 0.4) is 0 Å². The third-order valence-corrected chi connectivity index (χ3v) is 2.95. The summed E-state index contributed by atoms with van der Waals surface area (Å²) in [6.07, 6.45) is 2.63. The van der Waals surface area contributed by atoms with E-state index in [-0.39, 0.29) is 12.5 Å². The highest BCUT2D eigenvalue weighted by Gasteiger charge is 2.04. The van der Waals surface area contributed by atoms with Gasteiger partial charge in [0.05, 0.1) is 12.1 Å². The van der Waals surface area contributed by atoms with Crippen molar-refractivity contribution in [1.29, 1.82) is 0 Å². The first-order valence-electron chi connectivity index (χ1n) is 6.25. The highest BCUT2D eigenvalue weighted by molar-refractivity contribution is 6.31. The van der Waals surface area contributed by atoms with E-state index in [0.29, 0.717) is 11.6 Å². The lowest BCUT2D eigenvalue weighted by Crippen LogP contribution is -2.30. The van der Waals surface area contributed by atoms with Crippen molar-refractivity contribution in [2.75, 3.05) is 18.4 Å². The van der Waals surface area contributed by atoms with Crippen LogP contribution < -0.4 is 10.6 Å². The number of pyridine rings is 1. The van der Waals surface area contributed by atoms with Gasteiger partial charge >= 0.3 is 0 Å². The Bertz CT molecular complexity index is 586. The first-order chi connectivity index (χ1) is 9.20. The van der Waals surface area contributed by atoms with Gasteiger partial charge in [0.1, 0.15) is 0 Å². The molecule has 2 rings (SSSR count). The Labute approximate surface area is 117 Å². The molecule has 0 aliphatic heterocycles. The summed E-state index contributed by atoms with van der Waals surface area (Å²) in [6.45, 7) is 2.97. The number of fused-ring (bicyclic) bond motifs is 1. The van der Waals surface area contributed by atoms with Crippen molar-refractivity contribution in [3.05, 3.63) is 35.5 Å². The van der Waals surface area contributed by atoms with Crippen LogP contribution >= 0.6 is 11.6 Å². The molecule has 2 aromatic rings. The molecule has 5 heteroatoms. The molecule has 0 fully saturated rings. The van der Waals surface area contributed by atoms with Gasteiger partial charge in [0.15, 0.2) is 0 Å². The molecule has 0 spiro atoms. The lowest BCUT2D eigenvalue weighted by atomic mass is 10.2. The van der Waals surface area contributed by atoms with Gasteiger partial charge < -0.3 is 10.6 Å². The van der Waals surface area contributed by atoms with E-state index in [0.717, 1.165) is 23.0 Å². The summed E-state index contributed by atoms with van der Waals surface area (Å²) in [6, 6.07) is 7.37. The van der Waals surface area contributed by atoms with E-state index in [1.165, 1.54) is 0 Å². The fourth-order valence-corrected chi connectivity index (χ4v) is 1.94. The molecule has 0 aliphatic rings. The second kappa shape index (κ2) is 6.38. The van der Waals surface area contributed by atoms with Crippen molar-refractivity contribution < 1.29 is 4.79 Å². The minimum atomic E-state index is -0.0132. The number of rotatable bonds is 5. The molecule has 0 unspecified atom stereocenters. The number of nitrogens with zero attached hydrogens (tertiary/aromatic N) is 1. The van der Waals surface area contributed by atoms with E-state index in [1.807, 2.05) is 25.1 Å². The standard InChI is InChI=1S/C14H16ClN3O/c1-2-6-17-14(19)9-18-12-5-7-16-13-8-10(15)3-4-11(12)13/h3-5,7-8H,2,6,9H2,1H3,(H,16,18)(H,17,19). The maximum atomic E-state index is 11.6. The highest BCUT2D eigenvalue weighted by atomic mass is 35.5. The molecule has 0 radical (unpaired) electrons. The summed E-state index contributed by atoms with van der Waals surface area (Å²) in [5.41, 5.74) is 1.69. The number of anilines is 1. The lowest BCUT2D eigenvalue weighted by Gasteiger charge is -2.09. The first kappa shape index (κ1) is 13.6. The molecular formula is C14H16ClN3O. The Morgan fingerprint density at radius 3 is 3.00 bits per heavy atom. The van der Waals surface area contributed by atoms with Crippen LogP contribution in [0.15, 0.2) is 30.5 Å². The average molecular weight is 278 g/mol. The fraction of sp³-hybridized carbons (Fsp3) is 0.286. The number of hydrogen-bond donors (Lipinski definition) is 2. The zero-order valence-electron chi connectivity index (χ0n) is 10.7. The van der Waals surface area contributed by atoms with Crippen molar-refractivity contribution in [3.63, 3.8) is 0 Å². The third kappa shape index (κ3) is 3.58. The number of halogens is 1. The van der Waals surface area contributed by atoms with Gasteiger partial charge in [-0.05, 0) is 30.7 Å². The number of carbonyl (C=O) groups excluding carboxylic acids is 1. The van der Waals surface area contributed by atoms with E-state index in [1.54, 1.807) is 12.3 Å².